The second kappa shape index (κ2) is 6.96. The number of nitrogens with zero attached hydrogens (tertiary/aromatic N) is 2. The normalized spacial score (nSPS) is 17.3. The number of anilines is 3. The minimum Gasteiger partial charge on any atom is -0.376 e. The Kier molecular flexibility index (Phi) is 4.76. The summed E-state index contributed by atoms with van der Waals surface area (Å²) in [4.78, 5) is 9.03. The van der Waals surface area contributed by atoms with Gasteiger partial charge in [0.05, 0.1) is 6.10 Å². The van der Waals surface area contributed by atoms with E-state index in [4.69, 9.17) is 4.74 Å². The summed E-state index contributed by atoms with van der Waals surface area (Å²) in [7, 11) is 0. The Hall–Kier alpha value is -2.14. The molecule has 1 unspecified atom stereocenters. The summed E-state index contributed by atoms with van der Waals surface area (Å²) in [5.74, 6) is 1.45. The summed E-state index contributed by atoms with van der Waals surface area (Å²) >= 11 is 0. The van der Waals surface area contributed by atoms with Crippen LogP contribution in [-0.2, 0) is 4.74 Å². The van der Waals surface area contributed by atoms with E-state index >= 15 is 0 Å². The topological polar surface area (TPSA) is 59.1 Å². The van der Waals surface area contributed by atoms with Crippen LogP contribution in [-0.4, -0.2) is 29.2 Å². The molecule has 1 aliphatic rings. The van der Waals surface area contributed by atoms with Gasteiger partial charge in [-0.05, 0) is 50.8 Å². The van der Waals surface area contributed by atoms with Crippen LogP contribution in [0.25, 0.3) is 0 Å². The van der Waals surface area contributed by atoms with Gasteiger partial charge in [-0.1, -0.05) is 12.1 Å². The minimum atomic E-state index is 0.273. The molecule has 1 saturated heterocycles. The van der Waals surface area contributed by atoms with Crippen LogP contribution >= 0.6 is 0 Å². The maximum absolute atomic E-state index is 5.63. The molecule has 0 aliphatic carbocycles. The molecular weight excluding hydrogens is 288 g/mol. The molecule has 1 fully saturated rings. The lowest BCUT2D eigenvalue weighted by Crippen LogP contribution is -2.20. The lowest BCUT2D eigenvalue weighted by atomic mass is 10.1. The van der Waals surface area contributed by atoms with Crippen molar-refractivity contribution < 1.29 is 4.74 Å². The van der Waals surface area contributed by atoms with Crippen LogP contribution in [0, 0.1) is 20.8 Å². The van der Waals surface area contributed by atoms with Crippen molar-refractivity contribution in [2.75, 3.05) is 23.8 Å². The summed E-state index contributed by atoms with van der Waals surface area (Å²) in [6.45, 7) is 7.82. The molecule has 1 atom stereocenters. The van der Waals surface area contributed by atoms with E-state index in [1.807, 2.05) is 13.0 Å². The number of aromatic nitrogens is 2. The molecule has 0 bridgehead atoms. The lowest BCUT2D eigenvalue weighted by molar-refractivity contribution is 0.120. The summed E-state index contributed by atoms with van der Waals surface area (Å²) in [5, 5.41) is 6.69. The van der Waals surface area contributed by atoms with Crippen LogP contribution in [0.2, 0.25) is 0 Å². The fourth-order valence-electron chi connectivity index (χ4n) is 2.75. The van der Waals surface area contributed by atoms with E-state index in [1.54, 1.807) is 0 Å². The molecule has 2 N–H and O–H groups in total. The molecule has 2 heterocycles. The number of aryl methyl sites for hydroxylation is 2. The number of nitrogens with one attached hydrogen (secondary N) is 2. The molecule has 0 amide bonds. The van der Waals surface area contributed by atoms with E-state index < -0.39 is 0 Å². The quantitative estimate of drug-likeness (QED) is 0.881. The maximum atomic E-state index is 5.63. The maximum Gasteiger partial charge on any atom is 0.224 e. The summed E-state index contributed by atoms with van der Waals surface area (Å²) in [5.41, 5.74) is 4.51. The molecule has 1 aromatic heterocycles. The Labute approximate surface area is 137 Å². The Balaban J connectivity index is 1.73. The highest BCUT2D eigenvalue weighted by molar-refractivity contribution is 5.62. The highest BCUT2D eigenvalue weighted by Gasteiger charge is 2.15. The van der Waals surface area contributed by atoms with Crippen LogP contribution in [0.3, 0.4) is 0 Å². The van der Waals surface area contributed by atoms with E-state index in [9.17, 15) is 0 Å². The first-order valence-corrected chi connectivity index (χ1v) is 8.16. The molecule has 3 rings (SSSR count). The molecule has 0 spiro atoms. The van der Waals surface area contributed by atoms with Gasteiger partial charge in [0.2, 0.25) is 5.95 Å². The van der Waals surface area contributed by atoms with Crippen LogP contribution in [0.1, 0.15) is 29.7 Å². The first-order chi connectivity index (χ1) is 11.1. The number of benzene rings is 1. The Bertz CT molecular complexity index is 681. The highest BCUT2D eigenvalue weighted by atomic mass is 16.5. The Morgan fingerprint density at radius 1 is 1.22 bits per heavy atom. The zero-order valence-corrected chi connectivity index (χ0v) is 14.0. The third-order valence-corrected chi connectivity index (χ3v) is 4.23. The molecule has 23 heavy (non-hydrogen) atoms. The van der Waals surface area contributed by atoms with Crippen molar-refractivity contribution in [1.82, 2.24) is 9.97 Å². The molecule has 2 aromatic rings. The van der Waals surface area contributed by atoms with Crippen LogP contribution in [0.4, 0.5) is 17.5 Å². The van der Waals surface area contributed by atoms with Gasteiger partial charge in [-0.3, -0.25) is 0 Å². The van der Waals surface area contributed by atoms with Gasteiger partial charge in [0.1, 0.15) is 5.82 Å². The smallest absolute Gasteiger partial charge is 0.224 e. The van der Waals surface area contributed by atoms with Crippen molar-refractivity contribution in [1.29, 1.82) is 0 Å². The molecule has 5 heteroatoms. The number of hydrogen-bond acceptors (Lipinski definition) is 5. The average Bonchev–Trinajstić information content (AvgIpc) is 3.03. The third kappa shape index (κ3) is 3.99. The van der Waals surface area contributed by atoms with E-state index in [2.05, 4.69) is 52.6 Å². The molecule has 1 aromatic carbocycles. The zero-order chi connectivity index (χ0) is 16.2. The second-order valence-electron chi connectivity index (χ2n) is 6.11. The van der Waals surface area contributed by atoms with Crippen LogP contribution in [0.5, 0.6) is 0 Å². The van der Waals surface area contributed by atoms with Gasteiger partial charge in [-0.2, -0.15) is 4.98 Å². The van der Waals surface area contributed by atoms with Crippen molar-refractivity contribution in [2.45, 2.75) is 39.7 Å². The molecular formula is C18H24N4O. The lowest BCUT2D eigenvalue weighted by Gasteiger charge is -2.14. The SMILES string of the molecule is Cc1cc(Nc2cccc(C)c2C)nc(NCC2CCCO2)n1. The van der Waals surface area contributed by atoms with Crippen molar-refractivity contribution in [3.8, 4) is 0 Å². The second-order valence-corrected chi connectivity index (χ2v) is 6.11. The van der Waals surface area contributed by atoms with Gasteiger partial charge >= 0.3 is 0 Å². The number of rotatable bonds is 5. The van der Waals surface area contributed by atoms with Crippen LogP contribution < -0.4 is 10.6 Å². The standard InChI is InChI=1S/C18H24N4O/c1-12-6-4-8-16(14(12)3)21-17-10-13(2)20-18(22-17)19-11-15-7-5-9-23-15/h4,6,8,10,15H,5,7,9,11H2,1-3H3,(H2,19,20,21,22). The minimum absolute atomic E-state index is 0.273. The highest BCUT2D eigenvalue weighted by Crippen LogP contribution is 2.22. The zero-order valence-electron chi connectivity index (χ0n) is 14.0. The molecule has 5 nitrogen and oxygen atoms in total. The Morgan fingerprint density at radius 3 is 2.87 bits per heavy atom. The van der Waals surface area contributed by atoms with E-state index in [1.165, 1.54) is 11.1 Å². The van der Waals surface area contributed by atoms with E-state index in [0.29, 0.717) is 5.95 Å². The number of hydrogen-bond donors (Lipinski definition) is 2. The van der Waals surface area contributed by atoms with Crippen molar-refractivity contribution in [3.63, 3.8) is 0 Å². The van der Waals surface area contributed by atoms with Crippen molar-refractivity contribution in [2.24, 2.45) is 0 Å². The summed E-state index contributed by atoms with van der Waals surface area (Å²) < 4.78 is 5.63. The average molecular weight is 312 g/mol. The molecule has 1 aliphatic heterocycles. The fraction of sp³-hybridized carbons (Fsp3) is 0.444. The summed E-state index contributed by atoms with van der Waals surface area (Å²) in [6, 6.07) is 8.19. The fourth-order valence-corrected chi connectivity index (χ4v) is 2.75. The predicted octanol–water partition coefficient (Wildman–Crippen LogP) is 3.74. The van der Waals surface area contributed by atoms with Gasteiger partial charge < -0.3 is 15.4 Å². The number of ether oxygens (including phenoxy) is 1. The first kappa shape index (κ1) is 15.7. The van der Waals surface area contributed by atoms with Gasteiger partial charge in [0, 0.05) is 30.6 Å². The first-order valence-electron chi connectivity index (χ1n) is 8.16. The molecule has 0 saturated carbocycles. The Morgan fingerprint density at radius 2 is 2.09 bits per heavy atom. The monoisotopic (exact) mass is 312 g/mol. The predicted molar refractivity (Wildman–Crippen MR) is 93.4 cm³/mol. The third-order valence-electron chi connectivity index (χ3n) is 4.23. The van der Waals surface area contributed by atoms with Gasteiger partial charge in [0.15, 0.2) is 0 Å². The molecule has 122 valence electrons. The van der Waals surface area contributed by atoms with Gasteiger partial charge in [0.25, 0.3) is 0 Å². The van der Waals surface area contributed by atoms with Gasteiger partial charge in [-0.25, -0.2) is 4.98 Å². The van der Waals surface area contributed by atoms with E-state index in [-0.39, 0.29) is 6.10 Å². The van der Waals surface area contributed by atoms with Crippen LogP contribution in [0.15, 0.2) is 24.3 Å². The van der Waals surface area contributed by atoms with E-state index in [0.717, 1.165) is 43.2 Å². The molecule has 0 radical (unpaired) electrons. The van der Waals surface area contributed by atoms with Crippen molar-refractivity contribution in [3.05, 3.63) is 41.1 Å². The summed E-state index contributed by atoms with van der Waals surface area (Å²) in [6.07, 6.45) is 2.52. The van der Waals surface area contributed by atoms with Crippen molar-refractivity contribution >= 4 is 17.5 Å². The van der Waals surface area contributed by atoms with Gasteiger partial charge in [-0.15, -0.1) is 0 Å². The largest absolute Gasteiger partial charge is 0.376 e.